The molecule has 3 aromatic rings. The van der Waals surface area contributed by atoms with Crippen LogP contribution in [0.25, 0.3) is 5.76 Å². The SMILES string of the molecule is CCCCOc1cccc([C@H]2C(=C(O)c3ccc4c(c3)OCCO4)C(=O)C(=O)N2c2nccs2)c1. The molecular weight excluding hydrogens is 468 g/mol. The van der Waals surface area contributed by atoms with E-state index in [1.54, 1.807) is 41.9 Å². The molecule has 0 aliphatic carbocycles. The number of aliphatic hydroxyl groups is 1. The average molecular weight is 493 g/mol. The van der Waals surface area contributed by atoms with E-state index >= 15 is 0 Å². The predicted molar refractivity (Wildman–Crippen MR) is 131 cm³/mol. The number of hydrogen-bond acceptors (Lipinski definition) is 8. The molecule has 0 radical (unpaired) electrons. The smallest absolute Gasteiger partial charge is 0.301 e. The van der Waals surface area contributed by atoms with Crippen LogP contribution in [0.15, 0.2) is 59.6 Å². The highest BCUT2D eigenvalue weighted by molar-refractivity contribution is 7.14. The lowest BCUT2D eigenvalue weighted by Gasteiger charge is -2.23. The van der Waals surface area contributed by atoms with E-state index in [1.807, 2.05) is 12.1 Å². The molecule has 2 aliphatic heterocycles. The zero-order valence-electron chi connectivity index (χ0n) is 19.1. The van der Waals surface area contributed by atoms with Gasteiger partial charge in [-0.2, -0.15) is 0 Å². The van der Waals surface area contributed by atoms with Crippen molar-refractivity contribution >= 4 is 33.9 Å². The van der Waals surface area contributed by atoms with Crippen LogP contribution in [-0.4, -0.2) is 41.6 Å². The van der Waals surface area contributed by atoms with Gasteiger partial charge in [-0.15, -0.1) is 11.3 Å². The minimum absolute atomic E-state index is 0.0208. The molecule has 1 aromatic heterocycles. The maximum absolute atomic E-state index is 13.3. The number of nitrogens with zero attached hydrogens (tertiary/aromatic N) is 2. The molecule has 3 heterocycles. The predicted octanol–water partition coefficient (Wildman–Crippen LogP) is 4.72. The number of unbranched alkanes of at least 4 members (excludes halogenated alkanes) is 1. The first-order valence-electron chi connectivity index (χ1n) is 11.4. The Bertz CT molecular complexity index is 1290. The summed E-state index contributed by atoms with van der Waals surface area (Å²) in [6.07, 6.45) is 3.48. The van der Waals surface area contributed by atoms with Crippen LogP contribution in [0.2, 0.25) is 0 Å². The topological polar surface area (TPSA) is 98.2 Å². The Morgan fingerprint density at radius 1 is 1.17 bits per heavy atom. The zero-order valence-corrected chi connectivity index (χ0v) is 19.9. The largest absolute Gasteiger partial charge is 0.507 e. The summed E-state index contributed by atoms with van der Waals surface area (Å²) in [6.45, 7) is 3.47. The number of anilines is 1. The monoisotopic (exact) mass is 492 g/mol. The standard InChI is InChI=1S/C26H24N2O6S/c1-2-3-10-32-18-6-4-5-16(14-18)22-21(24(30)25(31)28(22)26-27-9-13-35-26)23(29)17-7-8-19-20(15-17)34-12-11-33-19/h4-9,13-15,22,29H,2-3,10-12H2,1H3/t22-/m0/s1. The Morgan fingerprint density at radius 3 is 2.77 bits per heavy atom. The van der Waals surface area contributed by atoms with Gasteiger partial charge in [0.15, 0.2) is 16.6 Å². The molecule has 2 aliphatic rings. The molecule has 180 valence electrons. The van der Waals surface area contributed by atoms with Gasteiger partial charge in [0, 0.05) is 17.1 Å². The van der Waals surface area contributed by atoms with Gasteiger partial charge in [-0.3, -0.25) is 14.5 Å². The number of Topliss-reactive ketones (excluding diaryl/α,β-unsaturated/α-hetero) is 1. The molecule has 0 spiro atoms. The van der Waals surface area contributed by atoms with Crippen molar-refractivity contribution in [2.24, 2.45) is 0 Å². The Balaban J connectivity index is 1.62. The van der Waals surface area contributed by atoms with Gasteiger partial charge in [0.1, 0.15) is 24.7 Å². The molecule has 0 saturated carbocycles. The first kappa shape index (κ1) is 22.9. The highest BCUT2D eigenvalue weighted by Crippen LogP contribution is 2.44. The fourth-order valence-electron chi connectivity index (χ4n) is 4.14. The van der Waals surface area contributed by atoms with Crippen molar-refractivity contribution in [3.8, 4) is 17.2 Å². The van der Waals surface area contributed by atoms with Gasteiger partial charge in [-0.25, -0.2) is 4.98 Å². The summed E-state index contributed by atoms with van der Waals surface area (Å²) in [4.78, 5) is 32.1. The molecule has 1 saturated heterocycles. The van der Waals surface area contributed by atoms with E-state index in [0.717, 1.165) is 12.8 Å². The van der Waals surface area contributed by atoms with Gasteiger partial charge >= 0.3 is 5.91 Å². The number of aliphatic hydroxyl groups excluding tert-OH is 1. The van der Waals surface area contributed by atoms with Gasteiger partial charge in [0.05, 0.1) is 18.2 Å². The number of carbonyl (C=O) groups excluding carboxylic acids is 2. The Morgan fingerprint density at radius 2 is 2.00 bits per heavy atom. The van der Waals surface area contributed by atoms with Crippen molar-refractivity contribution < 1.29 is 28.9 Å². The lowest BCUT2D eigenvalue weighted by atomic mass is 9.95. The number of thiazole rings is 1. The Labute approximate surface area is 206 Å². The molecule has 1 fully saturated rings. The van der Waals surface area contributed by atoms with Crippen LogP contribution in [0.1, 0.15) is 36.9 Å². The minimum atomic E-state index is -0.871. The van der Waals surface area contributed by atoms with Gasteiger partial charge in [0.25, 0.3) is 5.78 Å². The molecule has 2 aromatic carbocycles. The van der Waals surface area contributed by atoms with Gasteiger partial charge in [-0.05, 0) is 42.3 Å². The molecule has 5 rings (SSSR count). The third kappa shape index (κ3) is 4.35. The number of hydrogen-bond donors (Lipinski definition) is 1. The summed E-state index contributed by atoms with van der Waals surface area (Å²) in [5.41, 5.74) is 0.965. The van der Waals surface area contributed by atoms with Crippen LogP contribution in [0.4, 0.5) is 5.13 Å². The highest BCUT2D eigenvalue weighted by atomic mass is 32.1. The molecule has 8 nitrogen and oxygen atoms in total. The van der Waals surface area contributed by atoms with Crippen LogP contribution in [0.5, 0.6) is 17.2 Å². The number of rotatable bonds is 7. The van der Waals surface area contributed by atoms with Crippen LogP contribution < -0.4 is 19.1 Å². The third-order valence-corrected chi connectivity index (χ3v) is 6.60. The Hall–Kier alpha value is -3.85. The number of fused-ring (bicyclic) bond motifs is 1. The molecule has 0 bridgehead atoms. The molecule has 35 heavy (non-hydrogen) atoms. The van der Waals surface area contributed by atoms with E-state index in [1.165, 1.54) is 16.2 Å². The molecule has 1 atom stereocenters. The first-order valence-corrected chi connectivity index (χ1v) is 12.3. The number of ketones is 1. The van der Waals surface area contributed by atoms with E-state index < -0.39 is 17.7 Å². The van der Waals surface area contributed by atoms with Gasteiger partial charge in [0.2, 0.25) is 0 Å². The van der Waals surface area contributed by atoms with Crippen molar-refractivity contribution in [1.82, 2.24) is 4.98 Å². The van der Waals surface area contributed by atoms with E-state index in [-0.39, 0.29) is 11.3 Å². The van der Waals surface area contributed by atoms with Crippen molar-refractivity contribution in [2.45, 2.75) is 25.8 Å². The Kier molecular flexibility index (Phi) is 6.41. The quantitative estimate of drug-likeness (QED) is 0.221. The average Bonchev–Trinajstić information content (AvgIpc) is 3.50. The van der Waals surface area contributed by atoms with Gasteiger partial charge < -0.3 is 19.3 Å². The van der Waals surface area contributed by atoms with E-state index in [4.69, 9.17) is 14.2 Å². The lowest BCUT2D eigenvalue weighted by molar-refractivity contribution is -0.132. The van der Waals surface area contributed by atoms with Crippen LogP contribution in [-0.2, 0) is 9.59 Å². The summed E-state index contributed by atoms with van der Waals surface area (Å²) in [5, 5.41) is 13.4. The minimum Gasteiger partial charge on any atom is -0.507 e. The number of aromatic nitrogens is 1. The van der Waals surface area contributed by atoms with Crippen LogP contribution in [0, 0.1) is 0 Å². The molecule has 1 N–H and O–H groups in total. The summed E-state index contributed by atoms with van der Waals surface area (Å²) in [6, 6.07) is 11.3. The number of benzene rings is 2. The molecule has 9 heteroatoms. The maximum atomic E-state index is 13.3. The van der Waals surface area contributed by atoms with Crippen molar-refractivity contribution in [3.05, 3.63) is 70.7 Å². The zero-order chi connectivity index (χ0) is 24.4. The number of ether oxygens (including phenoxy) is 3. The second-order valence-electron chi connectivity index (χ2n) is 8.12. The lowest BCUT2D eigenvalue weighted by Crippen LogP contribution is -2.29. The maximum Gasteiger partial charge on any atom is 0.301 e. The molecule has 1 amide bonds. The second kappa shape index (κ2) is 9.79. The molecule has 0 unspecified atom stereocenters. The third-order valence-electron chi connectivity index (χ3n) is 5.83. The summed E-state index contributed by atoms with van der Waals surface area (Å²) in [7, 11) is 0. The van der Waals surface area contributed by atoms with Crippen molar-refractivity contribution in [2.75, 3.05) is 24.7 Å². The van der Waals surface area contributed by atoms with Crippen LogP contribution >= 0.6 is 11.3 Å². The van der Waals surface area contributed by atoms with E-state index in [2.05, 4.69) is 11.9 Å². The van der Waals surface area contributed by atoms with Gasteiger partial charge in [-0.1, -0.05) is 25.5 Å². The highest BCUT2D eigenvalue weighted by Gasteiger charge is 2.48. The second-order valence-corrected chi connectivity index (χ2v) is 8.99. The summed E-state index contributed by atoms with van der Waals surface area (Å²) < 4.78 is 17.1. The van der Waals surface area contributed by atoms with E-state index in [9.17, 15) is 14.7 Å². The fourth-order valence-corrected chi connectivity index (χ4v) is 4.80. The fraction of sp³-hybridized carbons (Fsp3) is 0.269. The first-order chi connectivity index (χ1) is 17.1. The number of carbonyl (C=O) groups is 2. The summed E-state index contributed by atoms with van der Waals surface area (Å²) in [5.74, 6) is -0.167. The summed E-state index contributed by atoms with van der Waals surface area (Å²) >= 11 is 1.24. The normalized spacial score (nSPS) is 18.7. The van der Waals surface area contributed by atoms with E-state index in [0.29, 0.717) is 53.3 Å². The molecular formula is C26H24N2O6S. The van der Waals surface area contributed by atoms with Crippen molar-refractivity contribution in [1.29, 1.82) is 0 Å². The van der Waals surface area contributed by atoms with Crippen LogP contribution in [0.3, 0.4) is 0 Å². The van der Waals surface area contributed by atoms with Crippen molar-refractivity contribution in [3.63, 3.8) is 0 Å². The number of amides is 1.